The van der Waals surface area contributed by atoms with Crippen molar-refractivity contribution >= 4 is 18.0 Å². The van der Waals surface area contributed by atoms with Crippen molar-refractivity contribution in [1.29, 1.82) is 0 Å². The molecule has 2 aromatic carbocycles. The smallest absolute Gasteiger partial charge is 0.407 e. The Morgan fingerprint density at radius 3 is 2.16 bits per heavy atom. The standard InChI is InChI=1S/C23H24N2O6/c1-23(30)12-25(13-23)21(28)19(10-20(26)27)24-22(29)31-11-18-16-8-4-2-6-14(16)15-7-3-5-9-17(15)18/h2-9,18-19,30H,10-13H2,1H3,(H,24,29)(H,26,27). The van der Waals surface area contributed by atoms with Crippen LogP contribution in [0.3, 0.4) is 0 Å². The van der Waals surface area contributed by atoms with Gasteiger partial charge in [0.25, 0.3) is 0 Å². The van der Waals surface area contributed by atoms with Crippen LogP contribution in [0.2, 0.25) is 0 Å². The molecule has 8 heteroatoms. The first-order chi connectivity index (χ1) is 14.7. The average Bonchev–Trinajstić information content (AvgIpc) is 3.03. The number of hydrogen-bond donors (Lipinski definition) is 3. The summed E-state index contributed by atoms with van der Waals surface area (Å²) >= 11 is 0. The second-order valence-corrected chi connectivity index (χ2v) is 8.31. The normalized spacial score (nSPS) is 17.2. The third kappa shape index (κ3) is 4.25. The number of benzene rings is 2. The number of nitrogens with zero attached hydrogens (tertiary/aromatic N) is 1. The summed E-state index contributed by atoms with van der Waals surface area (Å²) < 4.78 is 5.41. The van der Waals surface area contributed by atoms with Gasteiger partial charge in [0.1, 0.15) is 12.6 Å². The number of carboxylic acid groups (broad SMARTS) is 1. The van der Waals surface area contributed by atoms with E-state index in [0.29, 0.717) is 0 Å². The van der Waals surface area contributed by atoms with Gasteiger partial charge in [0.05, 0.1) is 25.1 Å². The largest absolute Gasteiger partial charge is 0.481 e. The highest BCUT2D eigenvalue weighted by Crippen LogP contribution is 2.44. The first kappa shape index (κ1) is 20.9. The molecule has 0 radical (unpaired) electrons. The van der Waals surface area contributed by atoms with E-state index in [1.165, 1.54) is 4.90 Å². The predicted octanol–water partition coefficient (Wildman–Crippen LogP) is 1.96. The zero-order chi connectivity index (χ0) is 22.2. The zero-order valence-electron chi connectivity index (χ0n) is 17.1. The lowest BCUT2D eigenvalue weighted by atomic mass is 9.95. The number of nitrogens with one attached hydrogen (secondary N) is 1. The van der Waals surface area contributed by atoms with E-state index < -0.39 is 36.0 Å². The summed E-state index contributed by atoms with van der Waals surface area (Å²) in [6, 6.07) is 14.6. The molecule has 1 unspecified atom stereocenters. The van der Waals surface area contributed by atoms with Gasteiger partial charge in [-0.15, -0.1) is 0 Å². The maximum Gasteiger partial charge on any atom is 0.407 e. The summed E-state index contributed by atoms with van der Waals surface area (Å²) in [5, 5.41) is 21.3. The van der Waals surface area contributed by atoms with E-state index in [1.54, 1.807) is 6.92 Å². The zero-order valence-corrected chi connectivity index (χ0v) is 17.1. The number of alkyl carbamates (subject to hydrolysis) is 1. The molecule has 8 nitrogen and oxygen atoms in total. The fourth-order valence-corrected chi connectivity index (χ4v) is 4.31. The number of aliphatic hydroxyl groups is 1. The molecule has 0 aromatic heterocycles. The van der Waals surface area contributed by atoms with Crippen LogP contribution in [0.15, 0.2) is 48.5 Å². The summed E-state index contributed by atoms with van der Waals surface area (Å²) in [6.07, 6.45) is -1.42. The van der Waals surface area contributed by atoms with Gasteiger partial charge in [-0.3, -0.25) is 9.59 Å². The Balaban J connectivity index is 1.42. The van der Waals surface area contributed by atoms with Crippen LogP contribution in [0, 0.1) is 0 Å². The predicted molar refractivity (Wildman–Crippen MR) is 111 cm³/mol. The van der Waals surface area contributed by atoms with Gasteiger partial charge in [0.2, 0.25) is 5.91 Å². The number of carbonyl (C=O) groups is 3. The molecule has 4 rings (SSSR count). The number of likely N-dealkylation sites (tertiary alicyclic amines) is 1. The van der Waals surface area contributed by atoms with Crippen LogP contribution in [-0.4, -0.2) is 64.4 Å². The summed E-state index contributed by atoms with van der Waals surface area (Å²) in [5.74, 6) is -1.91. The quantitative estimate of drug-likeness (QED) is 0.653. The van der Waals surface area contributed by atoms with E-state index in [4.69, 9.17) is 9.84 Å². The molecule has 1 aliphatic carbocycles. The Morgan fingerprint density at radius 1 is 1.10 bits per heavy atom. The molecule has 2 amide bonds. The van der Waals surface area contributed by atoms with E-state index in [1.807, 2.05) is 48.5 Å². The number of carbonyl (C=O) groups excluding carboxylic acids is 2. The van der Waals surface area contributed by atoms with E-state index in [2.05, 4.69) is 5.32 Å². The Labute approximate surface area is 179 Å². The van der Waals surface area contributed by atoms with Crippen molar-refractivity contribution in [3.8, 4) is 11.1 Å². The van der Waals surface area contributed by atoms with Crippen LogP contribution >= 0.6 is 0 Å². The summed E-state index contributed by atoms with van der Waals surface area (Å²) in [7, 11) is 0. The minimum atomic E-state index is -1.26. The first-order valence-electron chi connectivity index (χ1n) is 10.1. The van der Waals surface area contributed by atoms with Crippen LogP contribution in [0.5, 0.6) is 0 Å². The molecular formula is C23H24N2O6. The molecule has 1 aliphatic heterocycles. The highest BCUT2D eigenvalue weighted by molar-refractivity contribution is 5.90. The third-order valence-electron chi connectivity index (χ3n) is 5.69. The lowest BCUT2D eigenvalue weighted by molar-refractivity contribution is -0.156. The lowest BCUT2D eigenvalue weighted by Gasteiger charge is -2.45. The number of β-amino-alcohol motifs (C(OH)–C–C–N with tert-alkyl or cyclic N) is 1. The molecule has 3 N–H and O–H groups in total. The number of amides is 2. The molecule has 162 valence electrons. The summed E-state index contributed by atoms with van der Waals surface area (Å²) in [6.45, 7) is 1.83. The highest BCUT2D eigenvalue weighted by Gasteiger charge is 2.42. The molecule has 1 fully saturated rings. The molecule has 31 heavy (non-hydrogen) atoms. The van der Waals surface area contributed by atoms with Crippen LogP contribution < -0.4 is 5.32 Å². The van der Waals surface area contributed by atoms with E-state index in [0.717, 1.165) is 22.3 Å². The topological polar surface area (TPSA) is 116 Å². The molecule has 0 saturated carbocycles. The van der Waals surface area contributed by atoms with Crippen molar-refractivity contribution in [2.24, 2.45) is 0 Å². The Bertz CT molecular complexity index is 981. The molecule has 2 aromatic rings. The number of hydrogen-bond acceptors (Lipinski definition) is 5. The summed E-state index contributed by atoms with van der Waals surface area (Å²) in [4.78, 5) is 37.5. The lowest BCUT2D eigenvalue weighted by Crippen LogP contribution is -2.65. The Morgan fingerprint density at radius 2 is 1.65 bits per heavy atom. The monoisotopic (exact) mass is 424 g/mol. The number of carboxylic acids is 1. The van der Waals surface area contributed by atoms with Crippen LogP contribution in [0.4, 0.5) is 4.79 Å². The SMILES string of the molecule is CC1(O)CN(C(=O)C(CC(=O)O)NC(=O)OCC2c3ccccc3-c3ccccc32)C1. The van der Waals surface area contributed by atoms with Crippen molar-refractivity contribution in [1.82, 2.24) is 10.2 Å². The van der Waals surface area contributed by atoms with Crippen molar-refractivity contribution in [2.75, 3.05) is 19.7 Å². The second-order valence-electron chi connectivity index (χ2n) is 8.31. The van der Waals surface area contributed by atoms with Gasteiger partial charge in [-0.1, -0.05) is 48.5 Å². The van der Waals surface area contributed by atoms with Crippen molar-refractivity contribution in [3.05, 3.63) is 59.7 Å². The van der Waals surface area contributed by atoms with Crippen LogP contribution in [0.1, 0.15) is 30.4 Å². The molecule has 0 bridgehead atoms. The molecular weight excluding hydrogens is 400 g/mol. The minimum absolute atomic E-state index is 0.0618. The van der Waals surface area contributed by atoms with E-state index in [-0.39, 0.29) is 25.6 Å². The van der Waals surface area contributed by atoms with Gasteiger partial charge in [-0.25, -0.2) is 4.79 Å². The highest BCUT2D eigenvalue weighted by atomic mass is 16.5. The van der Waals surface area contributed by atoms with Gasteiger partial charge in [0, 0.05) is 5.92 Å². The second kappa shape index (κ2) is 8.03. The Kier molecular flexibility index (Phi) is 5.41. The fraction of sp³-hybridized carbons (Fsp3) is 0.348. The van der Waals surface area contributed by atoms with Crippen LogP contribution in [0.25, 0.3) is 11.1 Å². The molecule has 2 aliphatic rings. The average molecular weight is 424 g/mol. The molecule has 1 saturated heterocycles. The molecule has 0 spiro atoms. The van der Waals surface area contributed by atoms with Crippen LogP contribution in [-0.2, 0) is 14.3 Å². The maximum absolute atomic E-state index is 12.6. The van der Waals surface area contributed by atoms with Gasteiger partial charge in [-0.05, 0) is 29.2 Å². The van der Waals surface area contributed by atoms with Crippen molar-refractivity contribution < 1.29 is 29.3 Å². The van der Waals surface area contributed by atoms with Gasteiger partial charge in [-0.2, -0.15) is 0 Å². The fourth-order valence-electron chi connectivity index (χ4n) is 4.31. The van der Waals surface area contributed by atoms with E-state index in [9.17, 15) is 19.5 Å². The van der Waals surface area contributed by atoms with E-state index >= 15 is 0 Å². The van der Waals surface area contributed by atoms with Gasteiger partial charge in [0.15, 0.2) is 0 Å². The number of aliphatic carboxylic acids is 1. The first-order valence-corrected chi connectivity index (χ1v) is 10.1. The number of ether oxygens (including phenoxy) is 1. The van der Waals surface area contributed by atoms with Gasteiger partial charge >= 0.3 is 12.1 Å². The Hall–Kier alpha value is -3.39. The van der Waals surface area contributed by atoms with Crippen molar-refractivity contribution in [2.45, 2.75) is 30.9 Å². The number of fused-ring (bicyclic) bond motifs is 3. The molecule has 1 heterocycles. The third-order valence-corrected chi connectivity index (χ3v) is 5.69. The number of rotatable bonds is 6. The summed E-state index contributed by atoms with van der Waals surface area (Å²) in [5.41, 5.74) is 3.30. The van der Waals surface area contributed by atoms with Crippen molar-refractivity contribution in [3.63, 3.8) is 0 Å². The van der Waals surface area contributed by atoms with Gasteiger partial charge < -0.3 is 25.2 Å². The minimum Gasteiger partial charge on any atom is -0.481 e. The molecule has 1 atom stereocenters. The maximum atomic E-state index is 12.6.